The predicted octanol–water partition coefficient (Wildman–Crippen LogP) is 6.20. The number of nitriles is 1. The molecule has 2 aromatic carbocycles. The molecule has 0 saturated heterocycles. The van der Waals surface area contributed by atoms with Gasteiger partial charge in [-0.1, -0.05) is 23.2 Å². The molecule has 0 bridgehead atoms. The van der Waals surface area contributed by atoms with E-state index in [-0.39, 0.29) is 5.57 Å². The number of carbonyl (C=O) groups is 1. The Balaban J connectivity index is 1.76. The smallest absolute Gasteiger partial charge is 0.266 e. The normalized spacial score (nSPS) is 11.0. The van der Waals surface area contributed by atoms with Crippen molar-refractivity contribution >= 4 is 40.9 Å². The van der Waals surface area contributed by atoms with E-state index in [0.717, 1.165) is 0 Å². The Morgan fingerprint density at radius 1 is 1.14 bits per heavy atom. The van der Waals surface area contributed by atoms with Gasteiger partial charge in [-0.3, -0.25) is 4.79 Å². The van der Waals surface area contributed by atoms with Crippen LogP contribution in [0.4, 0.5) is 5.69 Å². The number of halogens is 2. The van der Waals surface area contributed by atoms with Crippen molar-refractivity contribution in [3.05, 3.63) is 76.0 Å². The van der Waals surface area contributed by atoms with Gasteiger partial charge in [0.1, 0.15) is 28.9 Å². The quantitative estimate of drug-likeness (QED) is 0.376. The number of hydrogen-bond donors (Lipinski definition) is 1. The number of rotatable bonds is 6. The molecule has 1 amide bonds. The van der Waals surface area contributed by atoms with Crippen LogP contribution in [0.5, 0.6) is 5.75 Å². The van der Waals surface area contributed by atoms with Crippen molar-refractivity contribution in [2.75, 3.05) is 11.9 Å². The second-order valence-electron chi connectivity index (χ2n) is 5.94. The first-order valence-corrected chi connectivity index (χ1v) is 9.46. The number of furan rings is 1. The lowest BCUT2D eigenvalue weighted by atomic mass is 10.2. The van der Waals surface area contributed by atoms with Crippen molar-refractivity contribution < 1.29 is 13.9 Å². The van der Waals surface area contributed by atoms with E-state index in [1.807, 2.05) is 13.0 Å². The number of anilines is 1. The summed E-state index contributed by atoms with van der Waals surface area (Å²) >= 11 is 12.0. The number of ether oxygens (including phenoxy) is 1. The zero-order valence-corrected chi connectivity index (χ0v) is 16.9. The van der Waals surface area contributed by atoms with Gasteiger partial charge in [-0.15, -0.1) is 0 Å². The molecule has 29 heavy (non-hydrogen) atoms. The highest BCUT2D eigenvalue weighted by molar-refractivity contribution is 6.35. The lowest BCUT2D eigenvalue weighted by molar-refractivity contribution is -0.112. The number of carbonyl (C=O) groups excluding carboxylic acids is 1. The third-order valence-corrected chi connectivity index (χ3v) is 4.29. The Morgan fingerprint density at radius 3 is 2.45 bits per heavy atom. The molecular weight excluding hydrogens is 411 g/mol. The van der Waals surface area contributed by atoms with Crippen molar-refractivity contribution in [3.8, 4) is 23.1 Å². The number of benzene rings is 2. The van der Waals surface area contributed by atoms with Gasteiger partial charge in [-0.25, -0.2) is 0 Å². The first kappa shape index (κ1) is 20.5. The maximum atomic E-state index is 12.4. The van der Waals surface area contributed by atoms with Gasteiger partial charge in [0.2, 0.25) is 0 Å². The predicted molar refractivity (Wildman–Crippen MR) is 114 cm³/mol. The Morgan fingerprint density at radius 2 is 1.83 bits per heavy atom. The summed E-state index contributed by atoms with van der Waals surface area (Å²) in [5.74, 6) is 1.03. The SMILES string of the molecule is CCOc1ccc(NC(=O)/C(C#N)=C/c2ccc(-c3cc(Cl)cc(Cl)c3)o2)cc1. The zero-order valence-electron chi connectivity index (χ0n) is 15.4. The van der Waals surface area contributed by atoms with Crippen molar-refractivity contribution in [2.45, 2.75) is 6.92 Å². The Bertz CT molecular complexity index is 1080. The van der Waals surface area contributed by atoms with Crippen LogP contribution >= 0.6 is 23.2 Å². The molecule has 0 saturated carbocycles. The van der Waals surface area contributed by atoms with E-state index in [1.165, 1.54) is 6.08 Å². The summed E-state index contributed by atoms with van der Waals surface area (Å²) < 4.78 is 11.1. The van der Waals surface area contributed by atoms with Crippen LogP contribution in [-0.4, -0.2) is 12.5 Å². The molecule has 0 unspecified atom stereocenters. The summed E-state index contributed by atoms with van der Waals surface area (Å²) in [5, 5.41) is 13.0. The summed E-state index contributed by atoms with van der Waals surface area (Å²) in [6, 6.07) is 17.2. The van der Waals surface area contributed by atoms with Crippen LogP contribution in [0, 0.1) is 11.3 Å². The van der Waals surface area contributed by atoms with E-state index >= 15 is 0 Å². The van der Waals surface area contributed by atoms with Gasteiger partial charge in [0.05, 0.1) is 6.61 Å². The van der Waals surface area contributed by atoms with Crippen LogP contribution in [-0.2, 0) is 4.79 Å². The van der Waals surface area contributed by atoms with E-state index in [1.54, 1.807) is 54.6 Å². The van der Waals surface area contributed by atoms with Gasteiger partial charge < -0.3 is 14.5 Å². The number of nitrogens with zero attached hydrogens (tertiary/aromatic N) is 1. The molecule has 0 atom stereocenters. The molecule has 1 N–H and O–H groups in total. The van der Waals surface area contributed by atoms with Gasteiger partial charge in [0, 0.05) is 27.4 Å². The molecule has 5 nitrogen and oxygen atoms in total. The number of hydrogen-bond acceptors (Lipinski definition) is 4. The van der Waals surface area contributed by atoms with E-state index in [9.17, 15) is 10.1 Å². The molecular formula is C22H16Cl2N2O3. The van der Waals surface area contributed by atoms with Crippen molar-refractivity contribution in [1.82, 2.24) is 0 Å². The maximum absolute atomic E-state index is 12.4. The highest BCUT2D eigenvalue weighted by Gasteiger charge is 2.12. The average molecular weight is 427 g/mol. The summed E-state index contributed by atoms with van der Waals surface area (Å²) in [6.45, 7) is 2.44. The highest BCUT2D eigenvalue weighted by Crippen LogP contribution is 2.29. The van der Waals surface area contributed by atoms with E-state index in [2.05, 4.69) is 5.32 Å². The standard InChI is InChI=1S/C22H16Cl2N2O3/c1-2-28-19-5-3-18(4-6-19)26-22(27)15(13-25)11-20-7-8-21(29-20)14-9-16(23)12-17(24)10-14/h3-12H,2H2,1H3,(H,26,27)/b15-11+. The fraction of sp³-hybridized carbons (Fsp3) is 0.0909. The molecule has 7 heteroatoms. The Hall–Kier alpha value is -3.20. The monoisotopic (exact) mass is 426 g/mol. The fourth-order valence-corrected chi connectivity index (χ4v) is 3.10. The van der Waals surface area contributed by atoms with Gasteiger partial charge in [-0.05, 0) is 61.5 Å². The summed E-state index contributed by atoms with van der Waals surface area (Å²) in [4.78, 5) is 12.4. The van der Waals surface area contributed by atoms with Crippen LogP contribution in [0.1, 0.15) is 12.7 Å². The first-order valence-electron chi connectivity index (χ1n) is 8.71. The molecule has 3 rings (SSSR count). The third-order valence-electron chi connectivity index (χ3n) is 3.85. The first-order chi connectivity index (χ1) is 14.0. The number of nitrogens with one attached hydrogen (secondary N) is 1. The molecule has 1 heterocycles. The molecule has 0 fully saturated rings. The van der Waals surface area contributed by atoms with Gasteiger partial charge in [0.25, 0.3) is 5.91 Å². The Labute approximate surface area is 178 Å². The molecule has 3 aromatic rings. The van der Waals surface area contributed by atoms with Gasteiger partial charge >= 0.3 is 0 Å². The molecule has 0 aliphatic rings. The second-order valence-corrected chi connectivity index (χ2v) is 6.81. The van der Waals surface area contributed by atoms with E-state index in [0.29, 0.717) is 45.2 Å². The van der Waals surface area contributed by atoms with Crippen molar-refractivity contribution in [2.24, 2.45) is 0 Å². The molecule has 1 aromatic heterocycles. The second kappa shape index (κ2) is 9.33. The molecule has 0 aliphatic heterocycles. The third kappa shape index (κ3) is 5.41. The molecule has 0 radical (unpaired) electrons. The summed E-state index contributed by atoms with van der Waals surface area (Å²) in [6.07, 6.45) is 1.37. The van der Waals surface area contributed by atoms with Crippen LogP contribution in [0.25, 0.3) is 17.4 Å². The molecule has 0 spiro atoms. The maximum Gasteiger partial charge on any atom is 0.266 e. The minimum Gasteiger partial charge on any atom is -0.494 e. The lowest BCUT2D eigenvalue weighted by Crippen LogP contribution is -2.13. The highest BCUT2D eigenvalue weighted by atomic mass is 35.5. The van der Waals surface area contributed by atoms with Crippen LogP contribution in [0.2, 0.25) is 10.0 Å². The summed E-state index contributed by atoms with van der Waals surface area (Å²) in [5.41, 5.74) is 1.15. The van der Waals surface area contributed by atoms with Crippen LogP contribution in [0.15, 0.2) is 64.6 Å². The minimum absolute atomic E-state index is 0.0936. The summed E-state index contributed by atoms with van der Waals surface area (Å²) in [7, 11) is 0. The Kier molecular flexibility index (Phi) is 6.61. The van der Waals surface area contributed by atoms with Crippen molar-refractivity contribution in [3.63, 3.8) is 0 Å². The topological polar surface area (TPSA) is 75.3 Å². The van der Waals surface area contributed by atoms with E-state index < -0.39 is 5.91 Å². The van der Waals surface area contributed by atoms with Gasteiger partial charge in [0.15, 0.2) is 0 Å². The molecule has 0 aliphatic carbocycles. The number of amides is 1. The van der Waals surface area contributed by atoms with Crippen molar-refractivity contribution in [1.29, 1.82) is 5.26 Å². The van der Waals surface area contributed by atoms with Crippen LogP contribution < -0.4 is 10.1 Å². The lowest BCUT2D eigenvalue weighted by Gasteiger charge is -2.06. The largest absolute Gasteiger partial charge is 0.494 e. The minimum atomic E-state index is -0.541. The van der Waals surface area contributed by atoms with Gasteiger partial charge in [-0.2, -0.15) is 5.26 Å². The van der Waals surface area contributed by atoms with Crippen LogP contribution in [0.3, 0.4) is 0 Å². The average Bonchev–Trinajstić information content (AvgIpc) is 3.16. The molecule has 146 valence electrons. The zero-order chi connectivity index (χ0) is 20.8. The fourth-order valence-electron chi connectivity index (χ4n) is 2.57. The van der Waals surface area contributed by atoms with E-state index in [4.69, 9.17) is 32.4 Å².